The van der Waals surface area contributed by atoms with E-state index in [0.717, 1.165) is 29.0 Å². The highest BCUT2D eigenvalue weighted by Gasteiger charge is 2.09. The second-order valence-corrected chi connectivity index (χ2v) is 7.40. The van der Waals surface area contributed by atoms with Crippen LogP contribution in [0.25, 0.3) is 0 Å². The largest absolute Gasteiger partial charge is 0.491 e. The van der Waals surface area contributed by atoms with E-state index < -0.39 is 0 Å². The van der Waals surface area contributed by atoms with Crippen LogP contribution in [0.15, 0.2) is 38.4 Å². The highest BCUT2D eigenvalue weighted by molar-refractivity contribution is 6.56. The molecule has 0 saturated heterocycles. The molecule has 0 saturated carbocycles. The van der Waals surface area contributed by atoms with Gasteiger partial charge in [-0.25, -0.2) is 0 Å². The monoisotopic (exact) mass is 469 g/mol. The van der Waals surface area contributed by atoms with Gasteiger partial charge in [0.1, 0.15) is 40.3 Å². The number of oxime groups is 1. The fourth-order valence-corrected chi connectivity index (χ4v) is 2.38. The molecular formula is C19H23Cl4NO4. The van der Waals surface area contributed by atoms with Crippen LogP contribution in [-0.4, -0.2) is 39.2 Å². The Bertz CT molecular complexity index is 685. The number of benzene rings is 1. The summed E-state index contributed by atoms with van der Waals surface area (Å²) in [7, 11) is 0. The molecule has 1 aromatic rings. The SMILES string of the molecule is CCc1cc(OCC=C(Cl)Cl)cc(C)c1OCCOCC=NOCC=C(Cl)Cl. The normalized spacial score (nSPS) is 10.6. The first-order chi connectivity index (χ1) is 13.4. The number of aryl methyl sites for hydroxylation is 2. The van der Waals surface area contributed by atoms with Gasteiger partial charge in [0, 0.05) is 0 Å². The minimum Gasteiger partial charge on any atom is -0.491 e. The topological polar surface area (TPSA) is 49.3 Å². The maximum absolute atomic E-state index is 5.88. The lowest BCUT2D eigenvalue weighted by atomic mass is 10.1. The van der Waals surface area contributed by atoms with Crippen LogP contribution < -0.4 is 9.47 Å². The minimum absolute atomic E-state index is 0.140. The van der Waals surface area contributed by atoms with Crippen molar-refractivity contribution in [2.24, 2.45) is 5.16 Å². The molecule has 0 fully saturated rings. The van der Waals surface area contributed by atoms with Crippen LogP contribution in [0.1, 0.15) is 18.1 Å². The van der Waals surface area contributed by atoms with E-state index in [4.69, 9.17) is 65.5 Å². The molecule has 0 aliphatic heterocycles. The molecule has 0 radical (unpaired) electrons. The van der Waals surface area contributed by atoms with E-state index >= 15 is 0 Å². The van der Waals surface area contributed by atoms with Crippen molar-refractivity contribution in [3.63, 3.8) is 0 Å². The summed E-state index contributed by atoms with van der Waals surface area (Å²) in [5.74, 6) is 1.58. The van der Waals surface area contributed by atoms with Gasteiger partial charge >= 0.3 is 0 Å². The summed E-state index contributed by atoms with van der Waals surface area (Å²) < 4.78 is 17.3. The zero-order chi connectivity index (χ0) is 20.8. The first kappa shape index (κ1) is 24.9. The van der Waals surface area contributed by atoms with Crippen molar-refractivity contribution in [2.45, 2.75) is 20.3 Å². The number of nitrogens with zero attached hydrogens (tertiary/aromatic N) is 1. The van der Waals surface area contributed by atoms with Crippen molar-refractivity contribution in [3.8, 4) is 11.5 Å². The molecule has 0 bridgehead atoms. The van der Waals surface area contributed by atoms with Gasteiger partial charge in [0.15, 0.2) is 0 Å². The van der Waals surface area contributed by atoms with Crippen LogP contribution >= 0.6 is 46.4 Å². The number of hydrogen-bond acceptors (Lipinski definition) is 5. The second-order valence-electron chi connectivity index (χ2n) is 5.39. The third-order valence-electron chi connectivity index (χ3n) is 3.32. The lowest BCUT2D eigenvalue weighted by molar-refractivity contribution is 0.124. The van der Waals surface area contributed by atoms with E-state index in [0.29, 0.717) is 26.4 Å². The Morgan fingerprint density at radius 2 is 1.68 bits per heavy atom. The maximum atomic E-state index is 5.88. The highest BCUT2D eigenvalue weighted by atomic mass is 35.5. The van der Waals surface area contributed by atoms with Crippen LogP contribution in [0.3, 0.4) is 0 Å². The third-order valence-corrected chi connectivity index (χ3v) is 3.94. The van der Waals surface area contributed by atoms with Gasteiger partial charge in [-0.15, -0.1) is 0 Å². The van der Waals surface area contributed by atoms with Crippen LogP contribution in [0.2, 0.25) is 0 Å². The van der Waals surface area contributed by atoms with E-state index in [2.05, 4.69) is 12.1 Å². The lowest BCUT2D eigenvalue weighted by Crippen LogP contribution is -2.10. The van der Waals surface area contributed by atoms with E-state index in [-0.39, 0.29) is 15.6 Å². The predicted molar refractivity (Wildman–Crippen MR) is 116 cm³/mol. The van der Waals surface area contributed by atoms with E-state index in [1.54, 1.807) is 6.08 Å². The first-order valence-corrected chi connectivity index (χ1v) is 10.1. The van der Waals surface area contributed by atoms with Gasteiger partial charge in [0.2, 0.25) is 0 Å². The molecule has 0 aliphatic carbocycles. The fraction of sp³-hybridized carbons (Fsp3) is 0.421. The zero-order valence-electron chi connectivity index (χ0n) is 15.7. The molecular weight excluding hydrogens is 448 g/mol. The van der Waals surface area contributed by atoms with Gasteiger partial charge in [-0.2, -0.15) is 0 Å². The quantitative estimate of drug-likeness (QED) is 0.202. The van der Waals surface area contributed by atoms with Crippen LogP contribution in [0, 0.1) is 6.92 Å². The molecule has 0 unspecified atom stereocenters. The van der Waals surface area contributed by atoms with Gasteiger partial charge in [-0.05, 0) is 48.8 Å². The Morgan fingerprint density at radius 1 is 0.964 bits per heavy atom. The van der Waals surface area contributed by atoms with Gasteiger partial charge in [0.25, 0.3) is 0 Å². The molecule has 0 aliphatic rings. The smallest absolute Gasteiger partial charge is 0.138 e. The van der Waals surface area contributed by atoms with E-state index in [9.17, 15) is 0 Å². The molecule has 1 rings (SSSR count). The third kappa shape index (κ3) is 11.0. The van der Waals surface area contributed by atoms with Gasteiger partial charge in [0.05, 0.1) is 19.4 Å². The summed E-state index contributed by atoms with van der Waals surface area (Å²) in [5.41, 5.74) is 2.04. The minimum atomic E-state index is 0.140. The number of hydrogen-bond donors (Lipinski definition) is 0. The standard InChI is InChI=1S/C19H23Cl4NO4/c1-3-15-13-16(26-7-4-17(20)21)12-14(2)19(15)27-11-10-25-9-6-24-28-8-5-18(22)23/h4-6,12-13H,3,7-11H2,1-2H3. The highest BCUT2D eigenvalue weighted by Crippen LogP contribution is 2.29. The van der Waals surface area contributed by atoms with E-state index in [1.165, 1.54) is 12.3 Å². The average molecular weight is 471 g/mol. The number of ether oxygens (including phenoxy) is 3. The Morgan fingerprint density at radius 3 is 2.36 bits per heavy atom. The fourth-order valence-electron chi connectivity index (χ4n) is 2.13. The van der Waals surface area contributed by atoms with E-state index in [1.807, 2.05) is 19.1 Å². The molecule has 0 amide bonds. The second kappa shape index (κ2) is 14.8. The predicted octanol–water partition coefficient (Wildman–Crippen LogP) is 5.97. The van der Waals surface area contributed by atoms with Crippen molar-refractivity contribution in [1.29, 1.82) is 0 Å². The summed E-state index contributed by atoms with van der Waals surface area (Å²) in [6.07, 6.45) is 5.39. The Balaban J connectivity index is 2.40. The molecule has 0 heterocycles. The van der Waals surface area contributed by atoms with Crippen LogP contribution in [-0.2, 0) is 16.0 Å². The van der Waals surface area contributed by atoms with Crippen molar-refractivity contribution >= 4 is 52.6 Å². The van der Waals surface area contributed by atoms with Gasteiger partial charge in [-0.3, -0.25) is 0 Å². The average Bonchev–Trinajstić information content (AvgIpc) is 2.63. The zero-order valence-corrected chi connectivity index (χ0v) is 18.7. The van der Waals surface area contributed by atoms with Crippen molar-refractivity contribution in [2.75, 3.05) is 33.0 Å². The van der Waals surface area contributed by atoms with Crippen molar-refractivity contribution in [3.05, 3.63) is 44.4 Å². The van der Waals surface area contributed by atoms with Gasteiger partial charge in [-0.1, -0.05) is 58.5 Å². The molecule has 9 heteroatoms. The summed E-state index contributed by atoms with van der Waals surface area (Å²) >= 11 is 22.0. The Kier molecular flexibility index (Phi) is 13.2. The maximum Gasteiger partial charge on any atom is 0.138 e. The van der Waals surface area contributed by atoms with Gasteiger partial charge < -0.3 is 19.0 Å². The number of rotatable bonds is 13. The van der Waals surface area contributed by atoms with Crippen molar-refractivity contribution < 1.29 is 19.0 Å². The van der Waals surface area contributed by atoms with Crippen LogP contribution in [0.4, 0.5) is 0 Å². The van der Waals surface area contributed by atoms with Crippen molar-refractivity contribution in [1.82, 2.24) is 0 Å². The number of halogens is 4. The molecule has 0 atom stereocenters. The first-order valence-electron chi connectivity index (χ1n) is 8.57. The Hall–Kier alpha value is -1.11. The molecule has 0 N–H and O–H groups in total. The molecule has 156 valence electrons. The lowest BCUT2D eigenvalue weighted by Gasteiger charge is -2.15. The summed E-state index contributed by atoms with van der Waals surface area (Å²) in [4.78, 5) is 4.90. The molecule has 0 spiro atoms. The summed E-state index contributed by atoms with van der Waals surface area (Å²) in [6, 6.07) is 3.86. The summed E-state index contributed by atoms with van der Waals surface area (Å²) in [5, 5.41) is 3.70. The molecule has 28 heavy (non-hydrogen) atoms. The Labute approximate surface area is 185 Å². The molecule has 5 nitrogen and oxygen atoms in total. The van der Waals surface area contributed by atoms with Crippen LogP contribution in [0.5, 0.6) is 11.5 Å². The summed E-state index contributed by atoms with van der Waals surface area (Å²) in [6.45, 7) is 5.68. The molecule has 0 aromatic heterocycles. The molecule has 1 aromatic carbocycles.